The van der Waals surface area contributed by atoms with E-state index in [0.29, 0.717) is 12.6 Å². The molecule has 0 aliphatic carbocycles. The first kappa shape index (κ1) is 14.5. The highest BCUT2D eigenvalue weighted by Gasteiger charge is 2.29. The van der Waals surface area contributed by atoms with E-state index in [1.807, 2.05) is 17.7 Å². The van der Waals surface area contributed by atoms with Gasteiger partial charge in [0.25, 0.3) is 0 Å². The van der Waals surface area contributed by atoms with E-state index in [1.165, 1.54) is 0 Å². The highest BCUT2D eigenvalue weighted by Crippen LogP contribution is 2.26. The maximum absolute atomic E-state index is 11.5. The molecule has 1 fully saturated rings. The second-order valence-electron chi connectivity index (χ2n) is 5.76. The predicted molar refractivity (Wildman–Crippen MR) is 82.6 cm³/mol. The monoisotopic (exact) mass is 300 g/mol. The molecule has 0 saturated carbocycles. The van der Waals surface area contributed by atoms with Crippen LogP contribution in [0.2, 0.25) is 0 Å². The number of amides is 1. The molecule has 1 aliphatic heterocycles. The summed E-state index contributed by atoms with van der Waals surface area (Å²) in [5.74, 6) is 1.97. The Morgan fingerprint density at radius 2 is 2.09 bits per heavy atom. The lowest BCUT2D eigenvalue weighted by atomic mass is 9.93. The summed E-state index contributed by atoms with van der Waals surface area (Å²) in [5.41, 5.74) is 5.47. The van der Waals surface area contributed by atoms with Crippen LogP contribution in [0.15, 0.2) is 24.8 Å². The smallest absolute Gasteiger partial charge is 0.222 e. The van der Waals surface area contributed by atoms with E-state index in [-0.39, 0.29) is 11.8 Å². The number of aromatic nitrogens is 4. The standard InChI is InChI=1S/C15H20N6O/c1-10-3-4-12(15(16)22)9-21(10)14-8-17-7-13(19-14)20-6-5-18-11(20)2/h5-8,10,12H,3-4,9H2,1-2H3,(H2,16,22)/t10-,12+/m1/s1. The summed E-state index contributed by atoms with van der Waals surface area (Å²) in [7, 11) is 0. The van der Waals surface area contributed by atoms with Crippen molar-refractivity contribution in [3.05, 3.63) is 30.6 Å². The van der Waals surface area contributed by atoms with Crippen LogP contribution < -0.4 is 10.6 Å². The van der Waals surface area contributed by atoms with Crippen molar-refractivity contribution in [3.63, 3.8) is 0 Å². The van der Waals surface area contributed by atoms with Gasteiger partial charge in [-0.25, -0.2) is 9.97 Å². The molecule has 7 nitrogen and oxygen atoms in total. The molecule has 1 saturated heterocycles. The van der Waals surface area contributed by atoms with Crippen LogP contribution in [0.3, 0.4) is 0 Å². The van der Waals surface area contributed by atoms with Gasteiger partial charge in [-0.1, -0.05) is 0 Å². The van der Waals surface area contributed by atoms with Gasteiger partial charge in [0.1, 0.15) is 11.6 Å². The van der Waals surface area contributed by atoms with Gasteiger partial charge in [-0.15, -0.1) is 0 Å². The minimum Gasteiger partial charge on any atom is -0.369 e. The molecule has 2 atom stereocenters. The number of primary amides is 1. The van der Waals surface area contributed by atoms with Crippen molar-refractivity contribution in [1.29, 1.82) is 0 Å². The van der Waals surface area contributed by atoms with Crippen molar-refractivity contribution in [2.45, 2.75) is 32.7 Å². The number of anilines is 1. The van der Waals surface area contributed by atoms with Crippen LogP contribution in [0.1, 0.15) is 25.6 Å². The fourth-order valence-corrected chi connectivity index (χ4v) is 2.88. The lowest BCUT2D eigenvalue weighted by molar-refractivity contribution is -0.122. The second-order valence-corrected chi connectivity index (χ2v) is 5.76. The SMILES string of the molecule is Cc1nccn1-c1cncc(N2C[C@@H](C(N)=O)CC[C@H]2C)n1. The Labute approximate surface area is 129 Å². The van der Waals surface area contributed by atoms with Gasteiger partial charge in [-0.2, -0.15) is 0 Å². The van der Waals surface area contributed by atoms with Crippen LogP contribution in [0, 0.1) is 12.8 Å². The number of piperidine rings is 1. The van der Waals surface area contributed by atoms with Crippen molar-refractivity contribution >= 4 is 11.7 Å². The van der Waals surface area contributed by atoms with Crippen LogP contribution in [0.4, 0.5) is 5.82 Å². The van der Waals surface area contributed by atoms with Gasteiger partial charge in [-0.3, -0.25) is 14.3 Å². The molecule has 7 heteroatoms. The maximum Gasteiger partial charge on any atom is 0.222 e. The van der Waals surface area contributed by atoms with Crippen molar-refractivity contribution in [3.8, 4) is 5.82 Å². The lowest BCUT2D eigenvalue weighted by Gasteiger charge is -2.37. The third-order valence-corrected chi connectivity index (χ3v) is 4.26. The molecule has 3 rings (SSSR count). The molecule has 1 aliphatic rings. The summed E-state index contributed by atoms with van der Waals surface area (Å²) < 4.78 is 1.89. The first-order chi connectivity index (χ1) is 10.6. The Morgan fingerprint density at radius 1 is 1.32 bits per heavy atom. The molecule has 2 aromatic heterocycles. The van der Waals surface area contributed by atoms with Gasteiger partial charge in [-0.05, 0) is 26.7 Å². The molecule has 2 aromatic rings. The maximum atomic E-state index is 11.5. The highest BCUT2D eigenvalue weighted by molar-refractivity contribution is 5.77. The average molecular weight is 300 g/mol. The molecule has 22 heavy (non-hydrogen) atoms. The summed E-state index contributed by atoms with van der Waals surface area (Å²) in [5, 5.41) is 0. The van der Waals surface area contributed by atoms with Crippen molar-refractivity contribution in [2.24, 2.45) is 11.7 Å². The number of hydrogen-bond acceptors (Lipinski definition) is 5. The zero-order valence-corrected chi connectivity index (χ0v) is 12.8. The normalized spacial score (nSPS) is 21.8. The minimum atomic E-state index is -0.244. The summed E-state index contributed by atoms with van der Waals surface area (Å²) in [6.45, 7) is 4.65. The Kier molecular flexibility index (Phi) is 3.79. The number of hydrogen-bond donors (Lipinski definition) is 1. The topological polar surface area (TPSA) is 89.9 Å². The van der Waals surface area contributed by atoms with Gasteiger partial charge >= 0.3 is 0 Å². The fraction of sp³-hybridized carbons (Fsp3) is 0.467. The quantitative estimate of drug-likeness (QED) is 0.915. The molecular formula is C15H20N6O. The largest absolute Gasteiger partial charge is 0.369 e. The highest BCUT2D eigenvalue weighted by atomic mass is 16.1. The Hall–Kier alpha value is -2.44. The van der Waals surface area contributed by atoms with Crippen molar-refractivity contribution in [1.82, 2.24) is 19.5 Å². The van der Waals surface area contributed by atoms with Gasteiger partial charge in [0.05, 0.1) is 18.3 Å². The van der Waals surface area contributed by atoms with Crippen LogP contribution in [0.25, 0.3) is 5.82 Å². The van der Waals surface area contributed by atoms with E-state index in [0.717, 1.165) is 30.3 Å². The van der Waals surface area contributed by atoms with Gasteiger partial charge in [0, 0.05) is 25.0 Å². The summed E-state index contributed by atoms with van der Waals surface area (Å²) in [6, 6.07) is 0.309. The van der Waals surface area contributed by atoms with Gasteiger partial charge < -0.3 is 10.6 Å². The Balaban J connectivity index is 1.91. The number of rotatable bonds is 3. The van der Waals surface area contributed by atoms with Crippen LogP contribution in [0.5, 0.6) is 0 Å². The second kappa shape index (κ2) is 5.75. The van der Waals surface area contributed by atoms with Crippen LogP contribution in [-0.2, 0) is 4.79 Å². The van der Waals surface area contributed by atoms with Crippen molar-refractivity contribution in [2.75, 3.05) is 11.4 Å². The fourth-order valence-electron chi connectivity index (χ4n) is 2.88. The zero-order chi connectivity index (χ0) is 15.7. The predicted octanol–water partition coefficient (Wildman–Crippen LogP) is 1.06. The van der Waals surface area contributed by atoms with E-state index in [4.69, 9.17) is 5.73 Å². The molecule has 116 valence electrons. The number of nitrogens with two attached hydrogens (primary N) is 1. The molecule has 0 spiro atoms. The Bertz CT molecular complexity index is 682. The molecule has 0 radical (unpaired) electrons. The summed E-state index contributed by atoms with van der Waals surface area (Å²) in [4.78, 5) is 26.8. The van der Waals surface area contributed by atoms with Gasteiger partial charge in [0.2, 0.25) is 5.91 Å². The summed E-state index contributed by atoms with van der Waals surface area (Å²) >= 11 is 0. The molecular weight excluding hydrogens is 280 g/mol. The lowest BCUT2D eigenvalue weighted by Crippen LogP contribution is -2.46. The van der Waals surface area contributed by atoms with E-state index < -0.39 is 0 Å². The average Bonchev–Trinajstić information content (AvgIpc) is 2.94. The number of carbonyl (C=O) groups excluding carboxylic acids is 1. The Morgan fingerprint density at radius 3 is 2.77 bits per heavy atom. The van der Waals surface area contributed by atoms with Crippen LogP contribution >= 0.6 is 0 Å². The van der Waals surface area contributed by atoms with E-state index in [9.17, 15) is 4.79 Å². The molecule has 1 amide bonds. The van der Waals surface area contributed by atoms with Crippen LogP contribution in [-0.4, -0.2) is 38.0 Å². The molecule has 0 aromatic carbocycles. The van der Waals surface area contributed by atoms with E-state index in [2.05, 4.69) is 26.8 Å². The number of aryl methyl sites for hydroxylation is 1. The number of nitrogens with zero attached hydrogens (tertiary/aromatic N) is 5. The minimum absolute atomic E-state index is 0.128. The van der Waals surface area contributed by atoms with E-state index >= 15 is 0 Å². The zero-order valence-electron chi connectivity index (χ0n) is 12.8. The molecule has 0 unspecified atom stereocenters. The molecule has 3 heterocycles. The first-order valence-corrected chi connectivity index (χ1v) is 7.44. The number of carbonyl (C=O) groups is 1. The first-order valence-electron chi connectivity index (χ1n) is 7.44. The van der Waals surface area contributed by atoms with Crippen molar-refractivity contribution < 1.29 is 4.79 Å². The molecule has 0 bridgehead atoms. The number of imidazole rings is 1. The summed E-state index contributed by atoms with van der Waals surface area (Å²) in [6.07, 6.45) is 8.78. The third-order valence-electron chi connectivity index (χ3n) is 4.26. The molecule has 2 N–H and O–H groups in total. The third kappa shape index (κ3) is 2.66. The van der Waals surface area contributed by atoms with Gasteiger partial charge in [0.15, 0.2) is 5.82 Å². The van der Waals surface area contributed by atoms with E-state index in [1.54, 1.807) is 18.6 Å².